The molecule has 0 aliphatic carbocycles. The smallest absolute Gasteiger partial charge is 0.244 e. The summed E-state index contributed by atoms with van der Waals surface area (Å²) in [7, 11) is -3.64. The second-order valence-corrected chi connectivity index (χ2v) is 8.76. The summed E-state index contributed by atoms with van der Waals surface area (Å²) in [6.45, 7) is 7.35. The molecule has 1 amide bonds. The van der Waals surface area contributed by atoms with Gasteiger partial charge in [0.05, 0.1) is 18.0 Å². The molecule has 0 bridgehead atoms. The van der Waals surface area contributed by atoms with Gasteiger partial charge in [-0.1, -0.05) is 49.4 Å². The van der Waals surface area contributed by atoms with Gasteiger partial charge in [0.15, 0.2) is 0 Å². The molecule has 0 fully saturated rings. The lowest BCUT2D eigenvalue weighted by Gasteiger charge is -2.31. The van der Waals surface area contributed by atoms with Gasteiger partial charge in [-0.25, -0.2) is 8.42 Å². The Morgan fingerprint density at radius 2 is 1.74 bits per heavy atom. The number of aryl methyl sites for hydroxylation is 2. The van der Waals surface area contributed by atoms with Gasteiger partial charge in [0, 0.05) is 0 Å². The molecule has 0 spiro atoms. The monoisotopic (exact) mass is 388 g/mol. The SMILES string of the molecule is CC[C@@H](NC(=O)[C@H](C)N(c1cc(C)ccc1C)S(C)(=O)=O)c1ccccc1. The molecule has 2 atom stereocenters. The van der Waals surface area contributed by atoms with Crippen LogP contribution in [0.4, 0.5) is 5.69 Å². The Morgan fingerprint density at radius 1 is 1.11 bits per heavy atom. The van der Waals surface area contributed by atoms with Crippen molar-refractivity contribution in [3.8, 4) is 0 Å². The normalized spacial score (nSPS) is 13.7. The maximum Gasteiger partial charge on any atom is 0.244 e. The highest BCUT2D eigenvalue weighted by Crippen LogP contribution is 2.27. The number of benzene rings is 2. The van der Waals surface area contributed by atoms with E-state index in [4.69, 9.17) is 0 Å². The first kappa shape index (κ1) is 21.0. The first-order valence-corrected chi connectivity index (χ1v) is 10.9. The van der Waals surface area contributed by atoms with Crippen LogP contribution in [0.15, 0.2) is 48.5 Å². The van der Waals surface area contributed by atoms with E-state index < -0.39 is 16.1 Å². The minimum Gasteiger partial charge on any atom is -0.347 e. The summed E-state index contributed by atoms with van der Waals surface area (Å²) in [6.07, 6.45) is 1.85. The summed E-state index contributed by atoms with van der Waals surface area (Å²) in [5.41, 5.74) is 3.28. The zero-order chi connectivity index (χ0) is 20.2. The third-order valence-electron chi connectivity index (χ3n) is 4.62. The zero-order valence-corrected chi connectivity index (χ0v) is 17.4. The lowest BCUT2D eigenvalue weighted by molar-refractivity contribution is -0.122. The molecule has 2 aromatic rings. The van der Waals surface area contributed by atoms with E-state index in [0.29, 0.717) is 12.1 Å². The number of hydrogen-bond donors (Lipinski definition) is 1. The largest absolute Gasteiger partial charge is 0.347 e. The van der Waals surface area contributed by atoms with Gasteiger partial charge in [-0.3, -0.25) is 9.10 Å². The lowest BCUT2D eigenvalue weighted by Crippen LogP contribution is -2.48. The maximum absolute atomic E-state index is 12.9. The van der Waals surface area contributed by atoms with E-state index in [0.717, 1.165) is 22.9 Å². The Labute approximate surface area is 162 Å². The van der Waals surface area contributed by atoms with E-state index in [9.17, 15) is 13.2 Å². The molecule has 27 heavy (non-hydrogen) atoms. The molecule has 0 unspecified atom stereocenters. The number of carbonyl (C=O) groups is 1. The van der Waals surface area contributed by atoms with Crippen LogP contribution in [0.1, 0.15) is 43.0 Å². The molecule has 0 aliphatic rings. The molecule has 5 nitrogen and oxygen atoms in total. The van der Waals surface area contributed by atoms with Crippen molar-refractivity contribution in [3.05, 3.63) is 65.2 Å². The summed E-state index contributed by atoms with van der Waals surface area (Å²) < 4.78 is 26.2. The Kier molecular flexibility index (Phi) is 6.65. The standard InChI is InChI=1S/C21H28N2O3S/c1-6-19(18-10-8-7-9-11-18)22-21(24)17(4)23(27(5,25)26)20-14-15(2)12-13-16(20)3/h7-14,17,19H,6H2,1-5H3,(H,22,24)/t17-,19+/m0/s1. The number of carbonyl (C=O) groups excluding carboxylic acids is 1. The molecular weight excluding hydrogens is 360 g/mol. The van der Waals surface area contributed by atoms with E-state index in [1.54, 1.807) is 13.0 Å². The van der Waals surface area contributed by atoms with Crippen LogP contribution in [0.25, 0.3) is 0 Å². The topological polar surface area (TPSA) is 66.5 Å². The van der Waals surface area contributed by atoms with E-state index in [1.807, 2.05) is 63.2 Å². The van der Waals surface area contributed by atoms with Crippen molar-refractivity contribution >= 4 is 21.6 Å². The quantitative estimate of drug-likeness (QED) is 0.786. The minimum absolute atomic E-state index is 0.166. The molecule has 0 heterocycles. The first-order chi connectivity index (χ1) is 12.6. The molecule has 146 valence electrons. The number of amides is 1. The molecule has 0 saturated heterocycles. The van der Waals surface area contributed by atoms with Gasteiger partial charge in [0.1, 0.15) is 6.04 Å². The molecule has 0 aromatic heterocycles. The van der Waals surface area contributed by atoms with Gasteiger partial charge in [-0.2, -0.15) is 0 Å². The molecule has 0 saturated carbocycles. The molecule has 1 N–H and O–H groups in total. The fourth-order valence-corrected chi connectivity index (χ4v) is 4.36. The number of hydrogen-bond acceptors (Lipinski definition) is 3. The molecular formula is C21H28N2O3S. The van der Waals surface area contributed by atoms with Crippen molar-refractivity contribution in [2.45, 2.75) is 46.2 Å². The Morgan fingerprint density at radius 3 is 2.30 bits per heavy atom. The first-order valence-electron chi connectivity index (χ1n) is 9.07. The van der Waals surface area contributed by atoms with Crippen molar-refractivity contribution in [2.24, 2.45) is 0 Å². The van der Waals surface area contributed by atoms with Crippen molar-refractivity contribution in [1.29, 1.82) is 0 Å². The second kappa shape index (κ2) is 8.57. The number of anilines is 1. The van der Waals surface area contributed by atoms with Crippen molar-refractivity contribution in [2.75, 3.05) is 10.6 Å². The number of nitrogens with zero attached hydrogens (tertiary/aromatic N) is 1. The molecule has 0 aliphatic heterocycles. The Balaban J connectivity index is 2.34. The van der Waals surface area contributed by atoms with Crippen molar-refractivity contribution in [1.82, 2.24) is 5.32 Å². The zero-order valence-electron chi connectivity index (χ0n) is 16.6. The number of nitrogens with one attached hydrogen (secondary N) is 1. The van der Waals surface area contributed by atoms with Crippen LogP contribution in [0.2, 0.25) is 0 Å². The second-order valence-electron chi connectivity index (χ2n) is 6.90. The van der Waals surface area contributed by atoms with E-state index in [1.165, 1.54) is 4.31 Å². The van der Waals surface area contributed by atoms with E-state index in [-0.39, 0.29) is 11.9 Å². The highest BCUT2D eigenvalue weighted by atomic mass is 32.2. The summed E-state index contributed by atoms with van der Waals surface area (Å²) in [5.74, 6) is -0.322. The summed E-state index contributed by atoms with van der Waals surface area (Å²) in [6, 6.07) is 14.2. The van der Waals surface area contributed by atoms with Crippen LogP contribution in [0.5, 0.6) is 0 Å². The fourth-order valence-electron chi connectivity index (χ4n) is 3.14. The van der Waals surface area contributed by atoms with Crippen LogP contribution in [0.3, 0.4) is 0 Å². The summed E-state index contributed by atoms with van der Waals surface area (Å²) in [5, 5.41) is 2.99. The molecule has 0 radical (unpaired) electrons. The highest BCUT2D eigenvalue weighted by molar-refractivity contribution is 7.92. The van der Waals surface area contributed by atoms with Crippen LogP contribution >= 0.6 is 0 Å². The van der Waals surface area contributed by atoms with Gasteiger partial charge in [0.25, 0.3) is 0 Å². The fraction of sp³-hybridized carbons (Fsp3) is 0.381. The van der Waals surface area contributed by atoms with Crippen molar-refractivity contribution < 1.29 is 13.2 Å². The maximum atomic E-state index is 12.9. The predicted octanol–water partition coefficient (Wildman–Crippen LogP) is 3.73. The number of sulfonamides is 1. The van der Waals surface area contributed by atoms with Crippen LogP contribution in [0, 0.1) is 13.8 Å². The third kappa shape index (κ3) is 5.10. The minimum atomic E-state index is -3.64. The summed E-state index contributed by atoms with van der Waals surface area (Å²) in [4.78, 5) is 12.9. The van der Waals surface area contributed by atoms with Gasteiger partial charge in [-0.05, 0) is 49.9 Å². The molecule has 2 aromatic carbocycles. The van der Waals surface area contributed by atoms with E-state index >= 15 is 0 Å². The van der Waals surface area contributed by atoms with Gasteiger partial charge in [-0.15, -0.1) is 0 Å². The van der Waals surface area contributed by atoms with Crippen LogP contribution < -0.4 is 9.62 Å². The van der Waals surface area contributed by atoms with E-state index in [2.05, 4.69) is 5.32 Å². The third-order valence-corrected chi connectivity index (χ3v) is 5.84. The highest BCUT2D eigenvalue weighted by Gasteiger charge is 2.31. The Hall–Kier alpha value is -2.34. The van der Waals surface area contributed by atoms with Crippen LogP contribution in [-0.4, -0.2) is 26.6 Å². The van der Waals surface area contributed by atoms with Crippen molar-refractivity contribution in [3.63, 3.8) is 0 Å². The summed E-state index contributed by atoms with van der Waals surface area (Å²) >= 11 is 0. The van der Waals surface area contributed by atoms with Gasteiger partial charge >= 0.3 is 0 Å². The average Bonchev–Trinajstić information content (AvgIpc) is 2.62. The molecule has 2 rings (SSSR count). The number of rotatable bonds is 7. The van der Waals surface area contributed by atoms with Gasteiger partial charge < -0.3 is 5.32 Å². The predicted molar refractivity (Wildman–Crippen MR) is 110 cm³/mol. The average molecular weight is 389 g/mol. The lowest BCUT2D eigenvalue weighted by atomic mass is 10.0. The molecule has 6 heteroatoms. The van der Waals surface area contributed by atoms with Crippen LogP contribution in [-0.2, 0) is 14.8 Å². The van der Waals surface area contributed by atoms with Gasteiger partial charge in [0.2, 0.25) is 15.9 Å². The Bertz CT molecular complexity index is 895.